The Kier molecular flexibility index (Phi) is 6.06. The summed E-state index contributed by atoms with van der Waals surface area (Å²) in [5.74, 6) is -1.34. The van der Waals surface area contributed by atoms with E-state index in [2.05, 4.69) is 0 Å². The molecule has 0 saturated heterocycles. The van der Waals surface area contributed by atoms with Crippen LogP contribution in [0, 0.1) is 5.82 Å². The molecule has 11 heteroatoms. The highest BCUT2D eigenvalue weighted by Crippen LogP contribution is 2.33. The maximum atomic E-state index is 13.0. The summed E-state index contributed by atoms with van der Waals surface area (Å²) < 4.78 is 81.1. The number of amides is 1. The van der Waals surface area contributed by atoms with Gasteiger partial charge in [-0.3, -0.25) is 10.2 Å². The first-order valence-corrected chi connectivity index (χ1v) is 8.89. The second-order valence-electron chi connectivity index (χ2n) is 5.30. The first kappa shape index (κ1) is 20.6. The molecule has 27 heavy (non-hydrogen) atoms. The topological polar surface area (TPSA) is 84.5 Å². The zero-order valence-electron chi connectivity index (χ0n) is 13.7. The van der Waals surface area contributed by atoms with Gasteiger partial charge in [0, 0.05) is 0 Å². The lowest BCUT2D eigenvalue weighted by molar-refractivity contribution is -0.139. The van der Waals surface area contributed by atoms with Crippen LogP contribution in [0.1, 0.15) is 12.5 Å². The van der Waals surface area contributed by atoms with Crippen molar-refractivity contribution in [3.63, 3.8) is 0 Å². The van der Waals surface area contributed by atoms with Gasteiger partial charge < -0.3 is 4.74 Å². The number of ether oxygens (including phenoxy) is 1. The van der Waals surface area contributed by atoms with E-state index in [0.29, 0.717) is 6.07 Å². The zero-order valence-corrected chi connectivity index (χ0v) is 14.6. The molecule has 0 aliphatic heterocycles. The van der Waals surface area contributed by atoms with Gasteiger partial charge in [-0.25, -0.2) is 12.8 Å². The van der Waals surface area contributed by atoms with Crippen molar-refractivity contribution in [3.05, 3.63) is 59.9 Å². The third-order valence-electron chi connectivity index (χ3n) is 3.29. The van der Waals surface area contributed by atoms with Crippen LogP contribution in [0.15, 0.2) is 53.4 Å². The van der Waals surface area contributed by atoms with Crippen molar-refractivity contribution in [1.29, 1.82) is 0 Å². The molecule has 1 atom stereocenters. The van der Waals surface area contributed by atoms with Gasteiger partial charge in [-0.05, 0) is 43.3 Å². The minimum absolute atomic E-state index is 0.143. The summed E-state index contributed by atoms with van der Waals surface area (Å²) in [6, 6.07) is 8.22. The number of alkyl halides is 3. The van der Waals surface area contributed by atoms with Crippen LogP contribution in [0.25, 0.3) is 0 Å². The Morgan fingerprint density at radius 2 is 1.67 bits per heavy atom. The number of carbonyl (C=O) groups is 1. The minimum atomic E-state index is -4.89. The van der Waals surface area contributed by atoms with Crippen LogP contribution in [-0.2, 0) is 21.0 Å². The van der Waals surface area contributed by atoms with E-state index < -0.39 is 44.5 Å². The van der Waals surface area contributed by atoms with Gasteiger partial charge in [-0.15, -0.1) is 4.83 Å². The summed E-state index contributed by atoms with van der Waals surface area (Å²) in [4.78, 5) is 12.5. The molecule has 0 aliphatic carbocycles. The number of rotatable bonds is 6. The van der Waals surface area contributed by atoms with E-state index in [1.807, 2.05) is 0 Å². The maximum Gasteiger partial charge on any atom is 0.417 e. The van der Waals surface area contributed by atoms with Gasteiger partial charge in [0.1, 0.15) is 11.6 Å². The molecule has 2 aromatic rings. The average molecular weight is 406 g/mol. The van der Waals surface area contributed by atoms with E-state index in [1.54, 1.807) is 10.3 Å². The molecule has 6 nitrogen and oxygen atoms in total. The molecule has 146 valence electrons. The van der Waals surface area contributed by atoms with Crippen molar-refractivity contribution < 1.29 is 35.5 Å². The summed E-state index contributed by atoms with van der Waals surface area (Å²) in [5, 5.41) is 0. The smallest absolute Gasteiger partial charge is 0.417 e. The number of hydrogen-bond acceptors (Lipinski definition) is 4. The van der Waals surface area contributed by atoms with Gasteiger partial charge >= 0.3 is 6.18 Å². The molecule has 0 saturated carbocycles. The lowest BCUT2D eigenvalue weighted by atomic mass is 10.2. The first-order chi connectivity index (χ1) is 12.5. The molecular weight excluding hydrogens is 392 g/mol. The first-order valence-electron chi connectivity index (χ1n) is 7.41. The van der Waals surface area contributed by atoms with E-state index in [0.717, 1.165) is 30.3 Å². The van der Waals surface area contributed by atoms with Crippen LogP contribution >= 0.6 is 0 Å². The Bertz CT molecular complexity index is 915. The number of halogens is 4. The SMILES string of the molecule is C[C@@H](Oc1ccc(F)cc1)C(=O)NNS(=O)(=O)c1ccccc1C(F)(F)F. The molecular formula is C16H14F4N2O4S. The van der Waals surface area contributed by atoms with Gasteiger partial charge in [0.15, 0.2) is 6.10 Å². The van der Waals surface area contributed by atoms with Crippen molar-refractivity contribution >= 4 is 15.9 Å². The molecule has 0 spiro atoms. The molecule has 0 aromatic heterocycles. The second kappa shape index (κ2) is 7.92. The third-order valence-corrected chi connectivity index (χ3v) is 4.59. The van der Waals surface area contributed by atoms with Gasteiger partial charge in [-0.2, -0.15) is 13.2 Å². The van der Waals surface area contributed by atoms with Crippen LogP contribution < -0.4 is 15.0 Å². The highest BCUT2D eigenvalue weighted by atomic mass is 32.2. The Morgan fingerprint density at radius 3 is 2.26 bits per heavy atom. The summed E-state index contributed by atoms with van der Waals surface area (Å²) in [7, 11) is -4.69. The molecule has 0 radical (unpaired) electrons. The summed E-state index contributed by atoms with van der Waals surface area (Å²) >= 11 is 0. The normalized spacial score (nSPS) is 13.1. The molecule has 2 aromatic carbocycles. The van der Waals surface area contributed by atoms with Crippen molar-refractivity contribution in [2.24, 2.45) is 0 Å². The Labute approximate surface area is 152 Å². The fraction of sp³-hybridized carbons (Fsp3) is 0.188. The van der Waals surface area contributed by atoms with Crippen molar-refractivity contribution in [3.8, 4) is 5.75 Å². The van der Waals surface area contributed by atoms with Crippen LogP contribution in [0.2, 0.25) is 0 Å². The van der Waals surface area contributed by atoms with Gasteiger partial charge in [-0.1, -0.05) is 12.1 Å². The molecule has 0 heterocycles. The van der Waals surface area contributed by atoms with Crippen molar-refractivity contribution in [1.82, 2.24) is 10.3 Å². The van der Waals surface area contributed by atoms with E-state index in [1.165, 1.54) is 19.1 Å². The Balaban J connectivity index is 2.07. The summed E-state index contributed by atoms with van der Waals surface area (Å²) in [6.07, 6.45) is -6.11. The van der Waals surface area contributed by atoms with E-state index >= 15 is 0 Å². The molecule has 0 bridgehead atoms. The Hall–Kier alpha value is -2.66. The van der Waals surface area contributed by atoms with Gasteiger partial charge in [0.05, 0.1) is 10.5 Å². The Morgan fingerprint density at radius 1 is 1.07 bits per heavy atom. The number of hydrazine groups is 1. The van der Waals surface area contributed by atoms with E-state index in [4.69, 9.17) is 4.74 Å². The zero-order chi connectivity index (χ0) is 20.2. The number of sulfonamides is 1. The molecule has 2 rings (SSSR count). The number of hydrogen-bond donors (Lipinski definition) is 2. The van der Waals surface area contributed by atoms with Crippen LogP contribution in [-0.4, -0.2) is 20.4 Å². The third kappa shape index (κ3) is 5.41. The number of nitrogens with one attached hydrogen (secondary N) is 2. The van der Waals surface area contributed by atoms with Crippen molar-refractivity contribution in [2.45, 2.75) is 24.1 Å². The number of benzene rings is 2. The van der Waals surface area contributed by atoms with Crippen LogP contribution in [0.4, 0.5) is 17.6 Å². The lowest BCUT2D eigenvalue weighted by Gasteiger charge is -2.17. The van der Waals surface area contributed by atoms with Crippen LogP contribution in [0.3, 0.4) is 0 Å². The lowest BCUT2D eigenvalue weighted by Crippen LogP contribution is -2.47. The quantitative estimate of drug-likeness (QED) is 0.571. The largest absolute Gasteiger partial charge is 0.481 e. The number of carbonyl (C=O) groups excluding carboxylic acids is 1. The molecule has 2 N–H and O–H groups in total. The predicted octanol–water partition coefficient (Wildman–Crippen LogP) is 2.62. The minimum Gasteiger partial charge on any atom is -0.481 e. The highest BCUT2D eigenvalue weighted by molar-refractivity contribution is 7.89. The standard InChI is InChI=1S/C16H14F4N2O4S/c1-10(26-12-8-6-11(17)7-9-12)15(23)21-22-27(24,25)14-5-3-2-4-13(14)16(18,19)20/h2-10,22H,1H3,(H,21,23)/t10-/m1/s1. The van der Waals surface area contributed by atoms with Gasteiger partial charge in [0.2, 0.25) is 0 Å². The maximum absolute atomic E-state index is 13.0. The molecule has 1 amide bonds. The van der Waals surface area contributed by atoms with Crippen LogP contribution in [0.5, 0.6) is 5.75 Å². The monoisotopic (exact) mass is 406 g/mol. The fourth-order valence-electron chi connectivity index (χ4n) is 1.98. The average Bonchev–Trinajstić information content (AvgIpc) is 2.61. The molecule has 0 fully saturated rings. The fourth-order valence-corrected chi connectivity index (χ4v) is 3.06. The molecule has 0 unspecified atom stereocenters. The summed E-state index contributed by atoms with van der Waals surface area (Å²) in [6.45, 7) is 1.27. The van der Waals surface area contributed by atoms with E-state index in [9.17, 15) is 30.8 Å². The molecule has 0 aliphatic rings. The predicted molar refractivity (Wildman–Crippen MR) is 86.4 cm³/mol. The van der Waals surface area contributed by atoms with E-state index in [-0.39, 0.29) is 5.75 Å². The highest BCUT2D eigenvalue weighted by Gasteiger charge is 2.37. The second-order valence-corrected chi connectivity index (χ2v) is 6.95. The summed E-state index contributed by atoms with van der Waals surface area (Å²) in [5.41, 5.74) is 0.415. The van der Waals surface area contributed by atoms with Gasteiger partial charge in [0.25, 0.3) is 15.9 Å². The van der Waals surface area contributed by atoms with Crippen molar-refractivity contribution in [2.75, 3.05) is 0 Å².